The van der Waals surface area contributed by atoms with Crippen molar-refractivity contribution in [3.8, 4) is 0 Å². The second-order valence-electron chi connectivity index (χ2n) is 6.24. The number of carbonyl (C=O) groups excluding carboxylic acids is 1. The predicted octanol–water partition coefficient (Wildman–Crippen LogP) is 3.68. The molecule has 2 aromatic heterocycles. The van der Waals surface area contributed by atoms with Crippen LogP contribution in [0.3, 0.4) is 0 Å². The third-order valence-corrected chi connectivity index (χ3v) is 6.59. The van der Waals surface area contributed by atoms with Gasteiger partial charge in [-0.05, 0) is 32.4 Å². The first kappa shape index (κ1) is 19.6. The molecule has 5 nitrogen and oxygen atoms in total. The zero-order valence-electron chi connectivity index (χ0n) is 15.3. The van der Waals surface area contributed by atoms with Gasteiger partial charge in [-0.15, -0.1) is 23.1 Å². The Kier molecular flexibility index (Phi) is 5.96. The summed E-state index contributed by atoms with van der Waals surface area (Å²) in [5, 5.41) is 3.02. The highest BCUT2D eigenvalue weighted by Crippen LogP contribution is 2.26. The molecule has 0 radical (unpaired) electrons. The number of thioether (sulfide) groups is 1. The van der Waals surface area contributed by atoms with Gasteiger partial charge in [-0.2, -0.15) is 0 Å². The predicted molar refractivity (Wildman–Crippen MR) is 109 cm³/mol. The minimum atomic E-state index is -0.357. The van der Waals surface area contributed by atoms with E-state index in [1.165, 1.54) is 29.2 Å². The summed E-state index contributed by atoms with van der Waals surface area (Å²) in [6.45, 7) is 5.81. The Morgan fingerprint density at radius 1 is 1.37 bits per heavy atom. The first-order valence-electron chi connectivity index (χ1n) is 8.48. The van der Waals surface area contributed by atoms with E-state index >= 15 is 0 Å². The Labute approximate surface area is 164 Å². The number of aryl methyl sites for hydroxylation is 2. The van der Waals surface area contributed by atoms with E-state index < -0.39 is 0 Å². The molecule has 0 aliphatic rings. The van der Waals surface area contributed by atoms with Gasteiger partial charge in [-0.25, -0.2) is 9.37 Å². The summed E-state index contributed by atoms with van der Waals surface area (Å²) in [7, 11) is 0. The number of aromatic amines is 1. The molecule has 0 spiro atoms. The first-order valence-corrected chi connectivity index (χ1v) is 10.3. The molecular formula is C19H20FN3O2S2. The molecule has 0 aliphatic heterocycles. The van der Waals surface area contributed by atoms with Gasteiger partial charge in [0.25, 0.3) is 5.56 Å². The van der Waals surface area contributed by atoms with Crippen LogP contribution in [0.5, 0.6) is 0 Å². The molecule has 0 bridgehead atoms. The fourth-order valence-electron chi connectivity index (χ4n) is 2.62. The third-order valence-electron chi connectivity index (χ3n) is 4.34. The fraction of sp³-hybridized carbons (Fsp3) is 0.316. The van der Waals surface area contributed by atoms with Crippen molar-refractivity contribution in [2.24, 2.45) is 0 Å². The summed E-state index contributed by atoms with van der Waals surface area (Å²) in [4.78, 5) is 33.6. The minimum Gasteiger partial charge on any atom is -0.351 e. The molecule has 2 heterocycles. The van der Waals surface area contributed by atoms with Crippen LogP contribution in [0.25, 0.3) is 10.2 Å². The van der Waals surface area contributed by atoms with Gasteiger partial charge in [-0.1, -0.05) is 18.2 Å². The Bertz CT molecular complexity index is 1050. The summed E-state index contributed by atoms with van der Waals surface area (Å²) >= 11 is 2.87. The number of amides is 1. The first-order chi connectivity index (χ1) is 12.9. The maximum absolute atomic E-state index is 13.6. The Morgan fingerprint density at radius 3 is 2.85 bits per heavy atom. The average molecular weight is 406 g/mol. The van der Waals surface area contributed by atoms with Crippen molar-refractivity contribution in [1.29, 1.82) is 0 Å². The molecule has 0 saturated carbocycles. The molecule has 3 rings (SSSR count). The highest BCUT2D eigenvalue weighted by atomic mass is 32.2. The average Bonchev–Trinajstić information content (AvgIpc) is 2.93. The van der Waals surface area contributed by atoms with Crippen LogP contribution >= 0.6 is 23.1 Å². The van der Waals surface area contributed by atoms with Crippen molar-refractivity contribution in [3.05, 3.63) is 62.3 Å². The highest BCUT2D eigenvalue weighted by molar-refractivity contribution is 7.99. The minimum absolute atomic E-state index is 0.144. The van der Waals surface area contributed by atoms with Gasteiger partial charge >= 0.3 is 0 Å². The summed E-state index contributed by atoms with van der Waals surface area (Å²) in [6, 6.07) is 6.35. The van der Waals surface area contributed by atoms with E-state index in [9.17, 15) is 14.0 Å². The van der Waals surface area contributed by atoms with Gasteiger partial charge < -0.3 is 10.3 Å². The normalized spacial score (nSPS) is 12.3. The number of fused-ring (bicyclic) bond motifs is 1. The van der Waals surface area contributed by atoms with Crippen LogP contribution in [0, 0.1) is 19.7 Å². The number of hydrogen-bond donors (Lipinski definition) is 2. The summed E-state index contributed by atoms with van der Waals surface area (Å²) in [5.41, 5.74) is 1.26. The number of rotatable bonds is 6. The smallest absolute Gasteiger partial charge is 0.259 e. The van der Waals surface area contributed by atoms with E-state index in [0.29, 0.717) is 22.5 Å². The number of halogens is 1. The molecule has 2 N–H and O–H groups in total. The second-order valence-corrected chi connectivity index (χ2v) is 8.77. The van der Waals surface area contributed by atoms with E-state index in [0.717, 1.165) is 15.3 Å². The standard InChI is InChI=1S/C19H20FN3O2S2/c1-10-11(2)27-19-16(10)18(25)22-15(23-19)9-26-12(3)17(24)21-8-13-6-4-5-7-14(13)20/h4-7,12H,8-9H2,1-3H3,(H,21,24)(H,22,23,25)/t12-/m0/s1. The molecule has 0 unspecified atom stereocenters. The number of nitrogens with one attached hydrogen (secondary N) is 2. The zero-order chi connectivity index (χ0) is 19.6. The maximum Gasteiger partial charge on any atom is 0.259 e. The van der Waals surface area contributed by atoms with Gasteiger partial charge in [-0.3, -0.25) is 9.59 Å². The van der Waals surface area contributed by atoms with E-state index in [-0.39, 0.29) is 29.1 Å². The lowest BCUT2D eigenvalue weighted by molar-refractivity contribution is -0.120. The van der Waals surface area contributed by atoms with Crippen LogP contribution in [-0.4, -0.2) is 21.1 Å². The zero-order valence-corrected chi connectivity index (χ0v) is 16.9. The molecule has 142 valence electrons. The third kappa shape index (κ3) is 4.39. The number of benzene rings is 1. The van der Waals surface area contributed by atoms with Gasteiger partial charge in [0.05, 0.1) is 16.4 Å². The summed E-state index contributed by atoms with van der Waals surface area (Å²) in [5.74, 6) is 0.437. The van der Waals surface area contributed by atoms with Crippen LogP contribution in [0.1, 0.15) is 28.8 Å². The van der Waals surface area contributed by atoms with Crippen molar-refractivity contribution in [2.45, 2.75) is 38.3 Å². The number of H-pyrrole nitrogens is 1. The van der Waals surface area contributed by atoms with Gasteiger partial charge in [0.2, 0.25) is 5.91 Å². The molecule has 8 heteroatoms. The van der Waals surface area contributed by atoms with Crippen LogP contribution < -0.4 is 10.9 Å². The quantitative estimate of drug-likeness (QED) is 0.656. The van der Waals surface area contributed by atoms with E-state index in [4.69, 9.17) is 0 Å². The summed E-state index contributed by atoms with van der Waals surface area (Å²) < 4.78 is 13.6. The maximum atomic E-state index is 13.6. The number of thiophene rings is 1. The summed E-state index contributed by atoms with van der Waals surface area (Å²) in [6.07, 6.45) is 0. The lowest BCUT2D eigenvalue weighted by atomic mass is 10.2. The van der Waals surface area contributed by atoms with Crippen molar-refractivity contribution < 1.29 is 9.18 Å². The SMILES string of the molecule is Cc1sc2nc(CS[C@@H](C)C(=O)NCc3ccccc3F)[nH]c(=O)c2c1C. The van der Waals surface area contributed by atoms with Crippen molar-refractivity contribution in [1.82, 2.24) is 15.3 Å². The molecule has 3 aromatic rings. The number of carbonyl (C=O) groups is 1. The van der Waals surface area contributed by atoms with Crippen LogP contribution in [0.15, 0.2) is 29.1 Å². The highest BCUT2D eigenvalue weighted by Gasteiger charge is 2.16. The van der Waals surface area contributed by atoms with E-state index in [2.05, 4.69) is 15.3 Å². The topological polar surface area (TPSA) is 74.8 Å². The fourth-order valence-corrected chi connectivity index (χ4v) is 4.44. The lowest BCUT2D eigenvalue weighted by Crippen LogP contribution is -2.30. The molecular weight excluding hydrogens is 385 g/mol. The van der Waals surface area contributed by atoms with Crippen molar-refractivity contribution in [2.75, 3.05) is 0 Å². The van der Waals surface area contributed by atoms with Gasteiger partial charge in [0, 0.05) is 17.0 Å². The van der Waals surface area contributed by atoms with Crippen molar-refractivity contribution >= 4 is 39.2 Å². The Morgan fingerprint density at radius 2 is 2.11 bits per heavy atom. The molecule has 1 atom stereocenters. The number of aromatic nitrogens is 2. The number of nitrogens with zero attached hydrogens (tertiary/aromatic N) is 1. The van der Waals surface area contributed by atoms with Gasteiger partial charge in [0.1, 0.15) is 16.5 Å². The lowest BCUT2D eigenvalue weighted by Gasteiger charge is -2.12. The van der Waals surface area contributed by atoms with Crippen molar-refractivity contribution in [3.63, 3.8) is 0 Å². The van der Waals surface area contributed by atoms with Crippen LogP contribution in [0.2, 0.25) is 0 Å². The molecule has 0 aliphatic carbocycles. The van der Waals surface area contributed by atoms with E-state index in [1.807, 2.05) is 13.8 Å². The second kappa shape index (κ2) is 8.22. The molecule has 1 amide bonds. The molecule has 1 aromatic carbocycles. The van der Waals surface area contributed by atoms with Crippen LogP contribution in [-0.2, 0) is 17.1 Å². The van der Waals surface area contributed by atoms with Gasteiger partial charge in [0.15, 0.2) is 0 Å². The van der Waals surface area contributed by atoms with E-state index in [1.54, 1.807) is 25.1 Å². The Hall–Kier alpha value is -2.19. The monoisotopic (exact) mass is 405 g/mol. The molecule has 27 heavy (non-hydrogen) atoms. The number of hydrogen-bond acceptors (Lipinski definition) is 5. The largest absolute Gasteiger partial charge is 0.351 e. The molecule has 0 saturated heterocycles. The Balaban J connectivity index is 1.61. The van der Waals surface area contributed by atoms with Crippen LogP contribution in [0.4, 0.5) is 4.39 Å². The molecule has 0 fully saturated rings.